The molecule has 39 heavy (non-hydrogen) atoms. The molecule has 1 unspecified atom stereocenters. The van der Waals surface area contributed by atoms with Crippen LogP contribution in [0, 0.1) is 5.41 Å². The minimum absolute atomic E-state index is 0.133. The largest absolute Gasteiger partial charge is 0.417 e. The van der Waals surface area contributed by atoms with E-state index in [1.165, 1.54) is 0 Å². The monoisotopic (exact) mass is 556 g/mol. The summed E-state index contributed by atoms with van der Waals surface area (Å²) in [4.78, 5) is 42.4. The Morgan fingerprint density at radius 3 is 2.05 bits per heavy atom. The molecule has 0 radical (unpaired) electrons. The Hall–Kier alpha value is -4.18. The summed E-state index contributed by atoms with van der Waals surface area (Å²) in [6.45, 7) is 5.47. The van der Waals surface area contributed by atoms with Gasteiger partial charge in [0.2, 0.25) is 0 Å². The van der Waals surface area contributed by atoms with Crippen LogP contribution < -0.4 is 26.8 Å². The normalized spacial score (nSPS) is 13.5. The Balaban J connectivity index is 1.79. The molecule has 0 aliphatic rings. The van der Waals surface area contributed by atoms with Gasteiger partial charge >= 0.3 is 6.18 Å². The summed E-state index contributed by atoms with van der Waals surface area (Å²) >= 11 is 5.97. The van der Waals surface area contributed by atoms with Crippen LogP contribution in [-0.2, 0) is 11.8 Å². The second-order valence-electron chi connectivity index (χ2n) is 9.95. The zero-order valence-corrected chi connectivity index (χ0v) is 21.9. The Bertz CT molecular complexity index is 1580. The first kappa shape index (κ1) is 27.8. The van der Waals surface area contributed by atoms with Crippen LogP contribution in [0.5, 0.6) is 0 Å². The van der Waals surface area contributed by atoms with Gasteiger partial charge in [-0.25, -0.2) is 0 Å². The number of hydrogen-bond acceptors (Lipinski definition) is 6. The second-order valence-corrected chi connectivity index (χ2v) is 10.4. The Morgan fingerprint density at radius 1 is 0.846 bits per heavy atom. The van der Waals surface area contributed by atoms with Crippen LogP contribution in [0.4, 0.5) is 30.2 Å². The van der Waals surface area contributed by atoms with Crippen molar-refractivity contribution in [3.8, 4) is 0 Å². The number of carbonyl (C=O) groups is 1. The molecule has 0 saturated heterocycles. The maximum absolute atomic E-state index is 13.4. The SMILES string of the molecule is CC(C)(C)C(NC(=O)c1ccc(Cl)cc1)(Nc1c(Nc2cncc(C(F)(F)F)c2)c(=O)c1=O)c1ccccc1. The van der Waals surface area contributed by atoms with E-state index in [0.29, 0.717) is 22.3 Å². The van der Waals surface area contributed by atoms with Crippen molar-refractivity contribution in [3.05, 3.63) is 115 Å². The first-order valence-electron chi connectivity index (χ1n) is 11.8. The summed E-state index contributed by atoms with van der Waals surface area (Å²) in [7, 11) is 0. The number of pyridine rings is 1. The Labute approximate surface area is 226 Å². The van der Waals surface area contributed by atoms with E-state index in [-0.39, 0.29) is 17.1 Å². The Morgan fingerprint density at radius 2 is 1.46 bits per heavy atom. The molecule has 11 heteroatoms. The molecule has 0 spiro atoms. The van der Waals surface area contributed by atoms with Gasteiger partial charge in [-0.3, -0.25) is 19.4 Å². The molecule has 4 rings (SSSR count). The average molecular weight is 557 g/mol. The van der Waals surface area contributed by atoms with Gasteiger partial charge in [-0.1, -0.05) is 62.7 Å². The highest BCUT2D eigenvalue weighted by Gasteiger charge is 2.47. The van der Waals surface area contributed by atoms with E-state index in [2.05, 4.69) is 20.9 Å². The zero-order valence-electron chi connectivity index (χ0n) is 21.1. The van der Waals surface area contributed by atoms with Crippen molar-refractivity contribution in [1.82, 2.24) is 10.3 Å². The standard InChI is InChI=1S/C28H24ClF3N4O3/c1-26(2,3)27(17-7-5-4-6-8-17,36-25(39)16-9-11-19(29)12-10-16)35-22-21(23(37)24(22)38)34-20-13-18(14-33-15-20)28(30,31)32/h4-15,34-35H,1-3H3,(H,36,39). The molecule has 1 aromatic heterocycles. The number of nitrogens with one attached hydrogen (secondary N) is 3. The van der Waals surface area contributed by atoms with Crippen molar-refractivity contribution in [2.75, 3.05) is 10.6 Å². The summed E-state index contributed by atoms with van der Waals surface area (Å²) in [6.07, 6.45) is -2.90. The van der Waals surface area contributed by atoms with Crippen LogP contribution in [0.15, 0.2) is 82.6 Å². The third kappa shape index (κ3) is 5.51. The quantitative estimate of drug-likeness (QED) is 0.195. The summed E-state index contributed by atoms with van der Waals surface area (Å²) in [6, 6.07) is 15.8. The van der Waals surface area contributed by atoms with Crippen molar-refractivity contribution in [2.45, 2.75) is 32.6 Å². The number of hydrogen-bond donors (Lipinski definition) is 3. The van der Waals surface area contributed by atoms with Crippen molar-refractivity contribution >= 4 is 34.6 Å². The molecular weight excluding hydrogens is 533 g/mol. The van der Waals surface area contributed by atoms with Crippen molar-refractivity contribution < 1.29 is 18.0 Å². The van der Waals surface area contributed by atoms with Gasteiger partial charge in [0, 0.05) is 22.2 Å². The lowest BCUT2D eigenvalue weighted by Gasteiger charge is -2.47. The van der Waals surface area contributed by atoms with Gasteiger partial charge in [0.15, 0.2) is 0 Å². The van der Waals surface area contributed by atoms with Gasteiger partial charge in [-0.05, 0) is 35.9 Å². The predicted molar refractivity (Wildman–Crippen MR) is 144 cm³/mol. The molecule has 0 aliphatic heterocycles. The molecule has 0 fully saturated rings. The smallest absolute Gasteiger partial charge is 0.353 e. The topological polar surface area (TPSA) is 100 Å². The van der Waals surface area contributed by atoms with Gasteiger partial charge < -0.3 is 16.0 Å². The minimum atomic E-state index is -4.65. The number of amides is 1. The summed E-state index contributed by atoms with van der Waals surface area (Å²) < 4.78 is 39.5. The van der Waals surface area contributed by atoms with Crippen molar-refractivity contribution in [2.24, 2.45) is 5.41 Å². The van der Waals surface area contributed by atoms with Crippen LogP contribution in [0.25, 0.3) is 0 Å². The van der Waals surface area contributed by atoms with E-state index in [1.807, 2.05) is 20.8 Å². The number of alkyl halides is 3. The maximum Gasteiger partial charge on any atom is 0.417 e. The highest BCUT2D eigenvalue weighted by atomic mass is 35.5. The molecule has 0 saturated carbocycles. The molecule has 3 aromatic carbocycles. The molecule has 0 bridgehead atoms. The van der Waals surface area contributed by atoms with Gasteiger partial charge in [-0.2, -0.15) is 13.2 Å². The fourth-order valence-electron chi connectivity index (χ4n) is 4.14. The molecule has 1 heterocycles. The fraction of sp³-hybridized carbons (Fsp3) is 0.214. The molecule has 1 amide bonds. The molecule has 202 valence electrons. The summed E-state index contributed by atoms with van der Waals surface area (Å²) in [5.74, 6) is -0.492. The minimum Gasteiger partial charge on any atom is -0.353 e. The predicted octanol–water partition coefficient (Wildman–Crippen LogP) is 5.83. The molecule has 7 nitrogen and oxygen atoms in total. The van der Waals surface area contributed by atoms with Crippen molar-refractivity contribution in [3.63, 3.8) is 0 Å². The summed E-state index contributed by atoms with van der Waals surface area (Å²) in [5.41, 5.74) is -4.79. The lowest BCUT2D eigenvalue weighted by Crippen LogP contribution is -2.61. The van der Waals surface area contributed by atoms with Crippen molar-refractivity contribution in [1.29, 1.82) is 0 Å². The lowest BCUT2D eigenvalue weighted by atomic mass is 9.75. The first-order valence-corrected chi connectivity index (χ1v) is 12.1. The second kappa shape index (κ2) is 10.2. The number of carbonyl (C=O) groups excluding carboxylic acids is 1. The van der Waals surface area contributed by atoms with E-state index in [0.717, 1.165) is 12.3 Å². The van der Waals surface area contributed by atoms with Crippen LogP contribution in [0.3, 0.4) is 0 Å². The van der Waals surface area contributed by atoms with Gasteiger partial charge in [-0.15, -0.1) is 0 Å². The average Bonchev–Trinajstić information content (AvgIpc) is 2.89. The molecule has 4 aromatic rings. The Kier molecular flexibility index (Phi) is 7.27. The summed E-state index contributed by atoms with van der Waals surface area (Å²) in [5, 5.41) is 9.11. The van der Waals surface area contributed by atoms with Gasteiger partial charge in [0.05, 0.1) is 17.4 Å². The number of benzene rings is 2. The van der Waals surface area contributed by atoms with E-state index >= 15 is 0 Å². The van der Waals surface area contributed by atoms with E-state index in [4.69, 9.17) is 11.6 Å². The number of anilines is 3. The maximum atomic E-state index is 13.4. The number of aromatic nitrogens is 1. The van der Waals surface area contributed by atoms with Crippen LogP contribution >= 0.6 is 11.6 Å². The fourth-order valence-corrected chi connectivity index (χ4v) is 4.27. The van der Waals surface area contributed by atoms with E-state index < -0.39 is 39.6 Å². The van der Waals surface area contributed by atoms with Gasteiger partial charge in [0.1, 0.15) is 17.0 Å². The van der Waals surface area contributed by atoms with E-state index in [1.54, 1.807) is 54.6 Å². The number of rotatable bonds is 7. The number of halogens is 4. The molecule has 0 aliphatic carbocycles. The first-order chi connectivity index (χ1) is 18.2. The highest BCUT2D eigenvalue weighted by Crippen LogP contribution is 2.41. The lowest BCUT2D eigenvalue weighted by molar-refractivity contribution is -0.137. The molecule has 3 N–H and O–H groups in total. The third-order valence-corrected chi connectivity index (χ3v) is 6.55. The van der Waals surface area contributed by atoms with E-state index in [9.17, 15) is 27.6 Å². The van der Waals surface area contributed by atoms with Gasteiger partial charge in [0.25, 0.3) is 16.8 Å². The van der Waals surface area contributed by atoms with Crippen LogP contribution in [0.1, 0.15) is 42.3 Å². The number of nitrogens with zero attached hydrogens (tertiary/aromatic N) is 1. The molecule has 1 atom stereocenters. The highest BCUT2D eigenvalue weighted by molar-refractivity contribution is 6.30. The molecular formula is C28H24ClF3N4O3. The van der Waals surface area contributed by atoms with Crippen LogP contribution in [-0.4, -0.2) is 10.9 Å². The van der Waals surface area contributed by atoms with Crippen LogP contribution in [0.2, 0.25) is 5.02 Å². The zero-order chi connectivity index (χ0) is 28.6. The third-order valence-electron chi connectivity index (χ3n) is 6.30.